The van der Waals surface area contributed by atoms with Gasteiger partial charge in [0.05, 0.1) is 5.56 Å². The Labute approximate surface area is 236 Å². The number of nitrogens with one attached hydrogen (secondary N) is 2. The first kappa shape index (κ1) is 28.4. The van der Waals surface area contributed by atoms with E-state index in [4.69, 9.17) is 9.47 Å². The first-order valence-corrected chi connectivity index (χ1v) is 13.5. The van der Waals surface area contributed by atoms with Crippen molar-refractivity contribution in [3.8, 4) is 0 Å². The fourth-order valence-corrected chi connectivity index (χ4v) is 4.72. The lowest BCUT2D eigenvalue weighted by atomic mass is 9.94. The van der Waals surface area contributed by atoms with Crippen LogP contribution in [0.15, 0.2) is 77.5 Å². The summed E-state index contributed by atoms with van der Waals surface area (Å²) in [4.78, 5) is 44.3. The standard InChI is InChI=1S/C29H31BrN4O5/c1-38-24(19-39-29(37)27-25-10-6-5-7-20(25)11-13-32-27)18-33-26(35)12-14-34(23-8-3-2-4-9-23)28(36)21-15-22(30)17-31-16-21/h2-10,15-17,24,27,32H,11-14,18-19H2,1H3,(H,33,35). The third-order valence-corrected chi connectivity index (χ3v) is 6.88. The van der Waals surface area contributed by atoms with Crippen LogP contribution in [0.2, 0.25) is 0 Å². The van der Waals surface area contributed by atoms with E-state index in [9.17, 15) is 14.4 Å². The van der Waals surface area contributed by atoms with Crippen molar-refractivity contribution in [3.05, 3.63) is 94.2 Å². The number of benzene rings is 2. The van der Waals surface area contributed by atoms with Gasteiger partial charge in [-0.15, -0.1) is 0 Å². The average Bonchev–Trinajstić information content (AvgIpc) is 2.97. The Kier molecular flexibility index (Phi) is 10.2. The van der Waals surface area contributed by atoms with Crippen molar-refractivity contribution >= 4 is 39.4 Å². The van der Waals surface area contributed by atoms with Gasteiger partial charge >= 0.3 is 5.97 Å². The number of hydrogen-bond donors (Lipinski definition) is 2. The van der Waals surface area contributed by atoms with Crippen molar-refractivity contribution in [1.29, 1.82) is 0 Å². The molecule has 4 rings (SSSR count). The Morgan fingerprint density at radius 2 is 1.90 bits per heavy atom. The fraction of sp³-hybridized carbons (Fsp3) is 0.310. The molecule has 39 heavy (non-hydrogen) atoms. The van der Waals surface area contributed by atoms with E-state index in [0.717, 1.165) is 17.5 Å². The van der Waals surface area contributed by atoms with E-state index in [-0.39, 0.29) is 43.9 Å². The molecule has 0 bridgehead atoms. The predicted octanol–water partition coefficient (Wildman–Crippen LogP) is 3.44. The minimum absolute atomic E-state index is 0.000468. The topological polar surface area (TPSA) is 110 Å². The summed E-state index contributed by atoms with van der Waals surface area (Å²) < 4.78 is 11.6. The summed E-state index contributed by atoms with van der Waals surface area (Å²) in [5, 5.41) is 6.03. The van der Waals surface area contributed by atoms with Gasteiger partial charge in [0.25, 0.3) is 5.91 Å². The average molecular weight is 595 g/mol. The SMILES string of the molecule is COC(CNC(=O)CCN(C(=O)c1cncc(Br)c1)c1ccccc1)COC(=O)C1NCCc2ccccc21. The summed E-state index contributed by atoms with van der Waals surface area (Å²) in [6, 6.07) is 18.1. The van der Waals surface area contributed by atoms with Gasteiger partial charge in [0, 0.05) is 55.7 Å². The van der Waals surface area contributed by atoms with Crippen molar-refractivity contribution in [1.82, 2.24) is 15.6 Å². The van der Waals surface area contributed by atoms with Crippen LogP contribution in [0.25, 0.3) is 0 Å². The summed E-state index contributed by atoms with van der Waals surface area (Å²) in [6.07, 6.45) is 3.51. The molecule has 2 aromatic carbocycles. The van der Waals surface area contributed by atoms with Crippen LogP contribution in [-0.2, 0) is 25.5 Å². The molecular weight excluding hydrogens is 564 g/mol. The number of halogens is 1. The molecule has 9 nitrogen and oxygen atoms in total. The summed E-state index contributed by atoms with van der Waals surface area (Å²) in [5.41, 5.74) is 3.14. The van der Waals surface area contributed by atoms with E-state index in [1.165, 1.54) is 13.3 Å². The second-order valence-electron chi connectivity index (χ2n) is 9.06. The number of rotatable bonds is 11. The second-order valence-corrected chi connectivity index (χ2v) is 9.98. The highest BCUT2D eigenvalue weighted by Crippen LogP contribution is 2.24. The number of esters is 1. The third kappa shape index (κ3) is 7.72. The van der Waals surface area contributed by atoms with Crippen molar-refractivity contribution in [3.63, 3.8) is 0 Å². The fourth-order valence-electron chi connectivity index (χ4n) is 4.35. The van der Waals surface area contributed by atoms with Crippen LogP contribution in [0.4, 0.5) is 5.69 Å². The van der Waals surface area contributed by atoms with Gasteiger partial charge in [-0.1, -0.05) is 42.5 Å². The van der Waals surface area contributed by atoms with Crippen molar-refractivity contribution in [2.75, 3.05) is 38.3 Å². The van der Waals surface area contributed by atoms with Gasteiger partial charge in [0.15, 0.2) is 0 Å². The van der Waals surface area contributed by atoms with E-state index < -0.39 is 12.1 Å². The Balaban J connectivity index is 1.29. The molecule has 10 heteroatoms. The number of hydrogen-bond acceptors (Lipinski definition) is 7. The Morgan fingerprint density at radius 3 is 2.67 bits per heavy atom. The molecule has 0 aliphatic carbocycles. The molecule has 2 unspecified atom stereocenters. The summed E-state index contributed by atoms with van der Waals surface area (Å²) in [5.74, 6) is -0.899. The summed E-state index contributed by atoms with van der Waals surface area (Å²) in [6.45, 7) is 1.02. The number of ether oxygens (including phenoxy) is 2. The van der Waals surface area contributed by atoms with Crippen LogP contribution in [0.3, 0.4) is 0 Å². The van der Waals surface area contributed by atoms with Gasteiger partial charge in [-0.25, -0.2) is 4.79 Å². The van der Waals surface area contributed by atoms with Crippen LogP contribution < -0.4 is 15.5 Å². The molecule has 2 atom stereocenters. The molecule has 1 aromatic heterocycles. The molecule has 0 spiro atoms. The highest BCUT2D eigenvalue weighted by atomic mass is 79.9. The molecule has 0 saturated heterocycles. The first-order valence-electron chi connectivity index (χ1n) is 12.7. The number of carbonyl (C=O) groups is 3. The molecule has 0 saturated carbocycles. The number of anilines is 1. The van der Waals surface area contributed by atoms with Crippen molar-refractivity contribution < 1.29 is 23.9 Å². The number of para-hydroxylation sites is 1. The van der Waals surface area contributed by atoms with Gasteiger partial charge in [-0.05, 0) is 51.7 Å². The number of carbonyl (C=O) groups excluding carboxylic acids is 3. The normalized spacial score (nSPS) is 15.1. The zero-order valence-corrected chi connectivity index (χ0v) is 23.2. The lowest BCUT2D eigenvalue weighted by Gasteiger charge is -2.26. The van der Waals surface area contributed by atoms with E-state index >= 15 is 0 Å². The second kappa shape index (κ2) is 14.0. The number of nitrogens with zero attached hydrogens (tertiary/aromatic N) is 2. The van der Waals surface area contributed by atoms with E-state index in [0.29, 0.717) is 22.3 Å². The maximum Gasteiger partial charge on any atom is 0.327 e. The Morgan fingerprint density at radius 1 is 1.13 bits per heavy atom. The zero-order valence-electron chi connectivity index (χ0n) is 21.6. The van der Waals surface area contributed by atoms with Gasteiger partial charge in [0.1, 0.15) is 18.8 Å². The molecule has 2 amide bonds. The highest BCUT2D eigenvalue weighted by Gasteiger charge is 2.28. The van der Waals surface area contributed by atoms with Gasteiger partial charge in [-0.2, -0.15) is 0 Å². The highest BCUT2D eigenvalue weighted by molar-refractivity contribution is 9.10. The molecule has 1 aliphatic heterocycles. The molecule has 0 radical (unpaired) electrons. The molecule has 0 fully saturated rings. The zero-order chi connectivity index (χ0) is 27.6. The predicted molar refractivity (Wildman–Crippen MR) is 150 cm³/mol. The number of methoxy groups -OCH3 is 1. The van der Waals surface area contributed by atoms with Gasteiger partial charge in [0.2, 0.25) is 5.91 Å². The van der Waals surface area contributed by atoms with Gasteiger partial charge in [-0.3, -0.25) is 14.6 Å². The van der Waals surface area contributed by atoms with Crippen LogP contribution in [0.1, 0.15) is 33.9 Å². The van der Waals surface area contributed by atoms with Crippen molar-refractivity contribution in [2.24, 2.45) is 0 Å². The third-order valence-electron chi connectivity index (χ3n) is 6.44. The Bertz CT molecular complexity index is 1290. The minimum Gasteiger partial charge on any atom is -0.461 e. The minimum atomic E-state index is -0.524. The van der Waals surface area contributed by atoms with Gasteiger partial charge < -0.3 is 25.0 Å². The first-order chi connectivity index (χ1) is 19.0. The molecule has 2 N–H and O–H groups in total. The monoisotopic (exact) mass is 594 g/mol. The smallest absolute Gasteiger partial charge is 0.327 e. The maximum absolute atomic E-state index is 13.2. The molecule has 204 valence electrons. The number of amides is 2. The van der Waals surface area contributed by atoms with E-state index in [1.54, 1.807) is 17.2 Å². The molecule has 2 heterocycles. The van der Waals surface area contributed by atoms with Crippen LogP contribution in [0, 0.1) is 0 Å². The quantitative estimate of drug-likeness (QED) is 0.327. The lowest BCUT2D eigenvalue weighted by Crippen LogP contribution is -2.40. The van der Waals surface area contributed by atoms with Crippen LogP contribution >= 0.6 is 15.9 Å². The number of fused-ring (bicyclic) bond motifs is 1. The van der Waals surface area contributed by atoms with Crippen LogP contribution in [0.5, 0.6) is 0 Å². The summed E-state index contributed by atoms with van der Waals surface area (Å²) in [7, 11) is 1.50. The van der Waals surface area contributed by atoms with E-state index in [1.807, 2.05) is 54.6 Å². The molecular formula is C29H31BrN4O5. The van der Waals surface area contributed by atoms with Crippen molar-refractivity contribution in [2.45, 2.75) is 25.0 Å². The molecule has 3 aromatic rings. The Hall–Kier alpha value is -3.60. The number of aromatic nitrogens is 1. The van der Waals surface area contributed by atoms with E-state index in [2.05, 4.69) is 31.5 Å². The molecule has 1 aliphatic rings. The van der Waals surface area contributed by atoms with Crippen LogP contribution in [-0.4, -0.2) is 62.2 Å². The summed E-state index contributed by atoms with van der Waals surface area (Å²) >= 11 is 3.35. The number of pyridine rings is 1. The lowest BCUT2D eigenvalue weighted by molar-refractivity contribution is -0.150. The maximum atomic E-state index is 13.2. The largest absolute Gasteiger partial charge is 0.461 e.